The van der Waals surface area contributed by atoms with Crippen LogP contribution < -0.4 is 5.32 Å². The van der Waals surface area contributed by atoms with Crippen LogP contribution >= 0.6 is 0 Å². The topological polar surface area (TPSA) is 66.8 Å². The number of piperidine rings is 1. The van der Waals surface area contributed by atoms with Gasteiger partial charge >= 0.3 is 0 Å². The molecule has 0 aliphatic carbocycles. The molecular formula is C16H22N6. The molecule has 6 nitrogen and oxygen atoms in total. The Labute approximate surface area is 131 Å². The van der Waals surface area contributed by atoms with Gasteiger partial charge in [0.2, 0.25) is 5.95 Å². The standard InChI is InChI=1S/C16H22N6/c1-2-22-8-4-13(5-9-22)10-14-11-17-12-15(20-14)21-16-18-6-3-7-19-16/h3,6-7,11-13H,2,4-5,8-10H2,1H3,(H,18,19,20,21). The summed E-state index contributed by atoms with van der Waals surface area (Å²) in [5.41, 5.74) is 1.04. The van der Waals surface area contributed by atoms with Crippen molar-refractivity contribution in [3.8, 4) is 0 Å². The molecule has 1 fully saturated rings. The fourth-order valence-corrected chi connectivity index (χ4v) is 2.85. The number of aromatic nitrogens is 4. The van der Waals surface area contributed by atoms with Crippen molar-refractivity contribution in [2.45, 2.75) is 26.2 Å². The van der Waals surface area contributed by atoms with E-state index in [2.05, 4.69) is 37.1 Å². The highest BCUT2D eigenvalue weighted by Crippen LogP contribution is 2.21. The molecule has 3 heterocycles. The molecule has 0 bridgehead atoms. The minimum atomic E-state index is 0.546. The molecule has 0 unspecified atom stereocenters. The van der Waals surface area contributed by atoms with Crippen LogP contribution in [0.4, 0.5) is 11.8 Å². The Hall–Kier alpha value is -2.08. The monoisotopic (exact) mass is 298 g/mol. The summed E-state index contributed by atoms with van der Waals surface area (Å²) in [5.74, 6) is 1.96. The zero-order valence-corrected chi connectivity index (χ0v) is 12.9. The maximum Gasteiger partial charge on any atom is 0.228 e. The molecule has 3 rings (SSSR count). The van der Waals surface area contributed by atoms with Crippen LogP contribution in [0.5, 0.6) is 0 Å². The van der Waals surface area contributed by atoms with Gasteiger partial charge < -0.3 is 10.2 Å². The van der Waals surface area contributed by atoms with E-state index >= 15 is 0 Å². The van der Waals surface area contributed by atoms with Crippen molar-refractivity contribution >= 4 is 11.8 Å². The van der Waals surface area contributed by atoms with Crippen LogP contribution in [0.15, 0.2) is 30.9 Å². The highest BCUT2D eigenvalue weighted by atomic mass is 15.1. The van der Waals surface area contributed by atoms with E-state index in [1.165, 1.54) is 25.9 Å². The van der Waals surface area contributed by atoms with E-state index in [0.29, 0.717) is 17.7 Å². The third kappa shape index (κ3) is 3.98. The lowest BCUT2D eigenvalue weighted by Crippen LogP contribution is -2.34. The van der Waals surface area contributed by atoms with Crippen molar-refractivity contribution in [3.63, 3.8) is 0 Å². The number of anilines is 2. The lowest BCUT2D eigenvalue weighted by molar-refractivity contribution is 0.191. The van der Waals surface area contributed by atoms with Crippen LogP contribution in [0, 0.1) is 5.92 Å². The van der Waals surface area contributed by atoms with Crippen molar-refractivity contribution in [1.82, 2.24) is 24.8 Å². The van der Waals surface area contributed by atoms with Gasteiger partial charge in [-0.1, -0.05) is 6.92 Å². The van der Waals surface area contributed by atoms with E-state index in [1.54, 1.807) is 24.7 Å². The lowest BCUT2D eigenvalue weighted by atomic mass is 9.92. The molecule has 1 aliphatic rings. The van der Waals surface area contributed by atoms with E-state index in [4.69, 9.17) is 0 Å². The van der Waals surface area contributed by atoms with Gasteiger partial charge in [-0.05, 0) is 50.9 Å². The van der Waals surface area contributed by atoms with Crippen LogP contribution in [-0.4, -0.2) is 44.5 Å². The third-order valence-electron chi connectivity index (χ3n) is 4.14. The Morgan fingerprint density at radius 1 is 1.18 bits per heavy atom. The summed E-state index contributed by atoms with van der Waals surface area (Å²) in [5, 5.41) is 3.09. The van der Waals surface area contributed by atoms with E-state index in [0.717, 1.165) is 18.7 Å². The van der Waals surface area contributed by atoms with E-state index in [-0.39, 0.29) is 0 Å². The smallest absolute Gasteiger partial charge is 0.228 e. The number of likely N-dealkylation sites (tertiary alicyclic amines) is 1. The molecule has 2 aromatic rings. The van der Waals surface area contributed by atoms with Gasteiger partial charge in [-0.25, -0.2) is 15.0 Å². The Balaban J connectivity index is 1.60. The predicted octanol–water partition coefficient (Wildman–Crippen LogP) is 2.28. The van der Waals surface area contributed by atoms with Crippen LogP contribution in [0.25, 0.3) is 0 Å². The molecule has 22 heavy (non-hydrogen) atoms. The SMILES string of the molecule is CCN1CCC(Cc2cncc(Nc3ncccn3)n2)CC1. The molecular weight excluding hydrogens is 276 g/mol. The normalized spacial score (nSPS) is 16.6. The molecule has 6 heteroatoms. The van der Waals surface area contributed by atoms with Crippen molar-refractivity contribution in [1.29, 1.82) is 0 Å². The Morgan fingerprint density at radius 3 is 2.68 bits per heavy atom. The Kier molecular flexibility index (Phi) is 4.90. The van der Waals surface area contributed by atoms with Gasteiger partial charge in [0.05, 0.1) is 11.9 Å². The second-order valence-corrected chi connectivity index (χ2v) is 5.67. The average molecular weight is 298 g/mol. The van der Waals surface area contributed by atoms with Crippen LogP contribution in [0.1, 0.15) is 25.5 Å². The Bertz CT molecular complexity index is 580. The minimum Gasteiger partial charge on any atom is -0.307 e. The fraction of sp³-hybridized carbons (Fsp3) is 0.500. The van der Waals surface area contributed by atoms with Gasteiger partial charge in [0, 0.05) is 18.6 Å². The molecule has 1 N–H and O–H groups in total. The van der Waals surface area contributed by atoms with E-state index in [1.807, 2.05) is 6.20 Å². The molecule has 0 atom stereocenters. The van der Waals surface area contributed by atoms with Crippen molar-refractivity contribution in [2.75, 3.05) is 25.0 Å². The summed E-state index contributed by atoms with van der Waals surface area (Å²) in [6.45, 7) is 5.78. The Morgan fingerprint density at radius 2 is 1.95 bits per heavy atom. The van der Waals surface area contributed by atoms with E-state index in [9.17, 15) is 0 Å². The maximum atomic E-state index is 4.63. The third-order valence-corrected chi connectivity index (χ3v) is 4.14. The van der Waals surface area contributed by atoms with Gasteiger partial charge in [-0.2, -0.15) is 0 Å². The van der Waals surface area contributed by atoms with Gasteiger partial charge in [0.1, 0.15) is 0 Å². The summed E-state index contributed by atoms with van der Waals surface area (Å²) >= 11 is 0. The highest BCUT2D eigenvalue weighted by molar-refractivity contribution is 5.45. The molecule has 0 saturated carbocycles. The molecule has 2 aromatic heterocycles. The second-order valence-electron chi connectivity index (χ2n) is 5.67. The van der Waals surface area contributed by atoms with Crippen molar-refractivity contribution in [3.05, 3.63) is 36.5 Å². The first-order valence-corrected chi connectivity index (χ1v) is 7.91. The summed E-state index contributed by atoms with van der Waals surface area (Å²) in [4.78, 5) is 19.7. The zero-order valence-electron chi connectivity index (χ0n) is 12.9. The van der Waals surface area contributed by atoms with E-state index < -0.39 is 0 Å². The number of rotatable bonds is 5. The van der Waals surface area contributed by atoms with Crippen LogP contribution in [0.2, 0.25) is 0 Å². The predicted molar refractivity (Wildman–Crippen MR) is 85.9 cm³/mol. The summed E-state index contributed by atoms with van der Waals surface area (Å²) in [6, 6.07) is 1.79. The number of nitrogens with one attached hydrogen (secondary N) is 1. The molecule has 1 saturated heterocycles. The maximum absolute atomic E-state index is 4.63. The average Bonchev–Trinajstić information content (AvgIpc) is 2.57. The van der Waals surface area contributed by atoms with Crippen LogP contribution in [-0.2, 0) is 6.42 Å². The van der Waals surface area contributed by atoms with Gasteiger partial charge in [-0.3, -0.25) is 4.98 Å². The minimum absolute atomic E-state index is 0.546. The van der Waals surface area contributed by atoms with Gasteiger partial charge in [0.25, 0.3) is 0 Å². The molecule has 0 spiro atoms. The second kappa shape index (κ2) is 7.26. The fourth-order valence-electron chi connectivity index (χ4n) is 2.85. The summed E-state index contributed by atoms with van der Waals surface area (Å²) in [7, 11) is 0. The quantitative estimate of drug-likeness (QED) is 0.913. The van der Waals surface area contributed by atoms with Crippen molar-refractivity contribution < 1.29 is 0 Å². The largest absolute Gasteiger partial charge is 0.307 e. The number of hydrogen-bond acceptors (Lipinski definition) is 6. The lowest BCUT2D eigenvalue weighted by Gasteiger charge is -2.30. The first-order chi connectivity index (χ1) is 10.8. The molecule has 0 amide bonds. The molecule has 0 aromatic carbocycles. The molecule has 116 valence electrons. The number of hydrogen-bond donors (Lipinski definition) is 1. The molecule has 1 aliphatic heterocycles. The van der Waals surface area contributed by atoms with Gasteiger partial charge in [-0.15, -0.1) is 0 Å². The first kappa shape index (κ1) is 14.8. The van der Waals surface area contributed by atoms with Gasteiger partial charge in [0.15, 0.2) is 5.82 Å². The summed E-state index contributed by atoms with van der Waals surface area (Å²) in [6.07, 6.45) is 10.5. The highest BCUT2D eigenvalue weighted by Gasteiger charge is 2.19. The van der Waals surface area contributed by atoms with Crippen LogP contribution in [0.3, 0.4) is 0 Å². The zero-order chi connectivity index (χ0) is 15.2. The summed E-state index contributed by atoms with van der Waals surface area (Å²) < 4.78 is 0. The van der Waals surface area contributed by atoms with Crippen molar-refractivity contribution in [2.24, 2.45) is 5.92 Å². The molecule has 0 radical (unpaired) electrons. The number of nitrogens with zero attached hydrogens (tertiary/aromatic N) is 5. The first-order valence-electron chi connectivity index (χ1n) is 7.91.